The molecule has 0 unspecified atom stereocenters. The van der Waals surface area contributed by atoms with Crippen molar-refractivity contribution in [3.63, 3.8) is 0 Å². The van der Waals surface area contributed by atoms with Crippen LogP contribution in [0.4, 0.5) is 10.2 Å². The number of hydrogen-bond acceptors (Lipinski definition) is 7. The molecule has 5 aromatic rings. The van der Waals surface area contributed by atoms with Gasteiger partial charge in [-0.05, 0) is 31.7 Å². The molecule has 2 aliphatic heterocycles. The number of carbonyl (C=O) groups is 1. The summed E-state index contributed by atoms with van der Waals surface area (Å²) in [5, 5.41) is 11.9. The van der Waals surface area contributed by atoms with Crippen LogP contribution in [0.5, 0.6) is 0 Å². The molecule has 6 heterocycles. The summed E-state index contributed by atoms with van der Waals surface area (Å²) in [6, 6.07) is 13.8. The van der Waals surface area contributed by atoms with Gasteiger partial charge >= 0.3 is 0 Å². The molecule has 0 radical (unpaired) electrons. The van der Waals surface area contributed by atoms with E-state index in [2.05, 4.69) is 25.3 Å². The van der Waals surface area contributed by atoms with Crippen molar-refractivity contribution in [3.05, 3.63) is 78.5 Å². The van der Waals surface area contributed by atoms with E-state index in [4.69, 9.17) is 10.7 Å². The highest BCUT2D eigenvalue weighted by Crippen LogP contribution is 2.44. The molecule has 2 saturated heterocycles. The van der Waals surface area contributed by atoms with Crippen molar-refractivity contribution in [3.8, 4) is 22.4 Å². The summed E-state index contributed by atoms with van der Waals surface area (Å²) in [5.74, 6) is -0.728. The van der Waals surface area contributed by atoms with Crippen molar-refractivity contribution in [2.45, 2.75) is 43.7 Å². The highest BCUT2D eigenvalue weighted by atomic mass is 19.1. The molecule has 0 aliphatic carbocycles. The van der Waals surface area contributed by atoms with Crippen molar-refractivity contribution in [1.29, 1.82) is 0 Å². The average molecular weight is 510 g/mol. The van der Waals surface area contributed by atoms with E-state index in [1.165, 1.54) is 10.8 Å². The summed E-state index contributed by atoms with van der Waals surface area (Å²) in [7, 11) is 0. The molecule has 1 amide bonds. The monoisotopic (exact) mass is 509 g/mol. The normalized spacial score (nSPS) is 20.8. The van der Waals surface area contributed by atoms with E-state index in [-0.39, 0.29) is 35.6 Å². The standard InChI is InChI=1S/C27H24FN9O/c28-22-23(17-10-18-7-8-19(11-17)36(18)27(38)25-31-14-32-35-25)34-26-20(13-33-37(26)24(22)29)16-6-9-21(30-12-16)15-4-2-1-3-5-15/h1-6,9,12-14,17-19H,7-8,10-11,29H2,(H,31,32,35)/t17-,18-,19+. The third-order valence-electron chi connectivity index (χ3n) is 7.77. The van der Waals surface area contributed by atoms with Crippen LogP contribution in [0.25, 0.3) is 28.0 Å². The van der Waals surface area contributed by atoms with Gasteiger partial charge in [0.05, 0.1) is 17.6 Å². The van der Waals surface area contributed by atoms with Gasteiger partial charge in [-0.1, -0.05) is 36.4 Å². The molecule has 0 spiro atoms. The number of benzene rings is 1. The summed E-state index contributed by atoms with van der Waals surface area (Å²) in [4.78, 5) is 27.1. The molecule has 2 bridgehead atoms. The summed E-state index contributed by atoms with van der Waals surface area (Å²) >= 11 is 0. The zero-order valence-electron chi connectivity index (χ0n) is 20.3. The number of pyridine rings is 1. The number of nitrogens with two attached hydrogens (primary N) is 1. The Hall–Kier alpha value is -4.67. The Morgan fingerprint density at radius 1 is 1.03 bits per heavy atom. The minimum absolute atomic E-state index is 0.0193. The van der Waals surface area contributed by atoms with E-state index in [0.717, 1.165) is 35.2 Å². The fourth-order valence-electron chi connectivity index (χ4n) is 5.98. The SMILES string of the molecule is Nc1c(F)c([C@@H]2C[C@H]3CC[C@@H](C2)N3C(=O)c2nnc[nH]2)nc2c(-c3ccc(-c4ccccc4)nc3)cnn12. The Balaban J connectivity index is 1.22. The molecular weight excluding hydrogens is 485 g/mol. The van der Waals surface area contributed by atoms with Crippen molar-refractivity contribution in [2.75, 3.05) is 5.73 Å². The van der Waals surface area contributed by atoms with E-state index in [0.29, 0.717) is 24.2 Å². The molecule has 190 valence electrons. The second kappa shape index (κ2) is 8.72. The first-order valence-corrected chi connectivity index (χ1v) is 12.6. The molecule has 38 heavy (non-hydrogen) atoms. The molecule has 3 N–H and O–H groups in total. The van der Waals surface area contributed by atoms with Crippen LogP contribution in [0.15, 0.2) is 61.2 Å². The summed E-state index contributed by atoms with van der Waals surface area (Å²) in [5.41, 5.74) is 10.5. The lowest BCUT2D eigenvalue weighted by molar-refractivity contribution is 0.0556. The van der Waals surface area contributed by atoms with Crippen molar-refractivity contribution < 1.29 is 9.18 Å². The zero-order valence-corrected chi connectivity index (χ0v) is 20.3. The summed E-state index contributed by atoms with van der Waals surface area (Å²) < 4.78 is 16.9. The first-order valence-electron chi connectivity index (χ1n) is 12.6. The number of aromatic amines is 1. The van der Waals surface area contributed by atoms with Gasteiger partial charge in [-0.25, -0.2) is 9.37 Å². The van der Waals surface area contributed by atoms with Gasteiger partial charge in [0.25, 0.3) is 5.91 Å². The first-order chi connectivity index (χ1) is 18.6. The van der Waals surface area contributed by atoms with Gasteiger partial charge in [-0.2, -0.15) is 9.61 Å². The largest absolute Gasteiger partial charge is 0.381 e. The fourth-order valence-corrected chi connectivity index (χ4v) is 5.98. The van der Waals surface area contributed by atoms with E-state index in [9.17, 15) is 4.79 Å². The van der Waals surface area contributed by atoms with Crippen LogP contribution >= 0.6 is 0 Å². The molecule has 11 heteroatoms. The summed E-state index contributed by atoms with van der Waals surface area (Å²) in [6.07, 6.45) is 7.74. The number of nitrogens with zero attached hydrogens (tertiary/aromatic N) is 7. The van der Waals surface area contributed by atoms with E-state index < -0.39 is 5.82 Å². The average Bonchev–Trinajstić information content (AvgIpc) is 3.69. The van der Waals surface area contributed by atoms with E-state index >= 15 is 4.39 Å². The molecule has 3 atom stereocenters. The quantitative estimate of drug-likeness (QED) is 0.376. The van der Waals surface area contributed by atoms with Crippen LogP contribution in [0.2, 0.25) is 0 Å². The lowest BCUT2D eigenvalue weighted by atomic mass is 9.87. The molecule has 10 nitrogen and oxygen atoms in total. The number of halogens is 1. The van der Waals surface area contributed by atoms with Crippen molar-refractivity contribution >= 4 is 17.4 Å². The number of hydrogen-bond donors (Lipinski definition) is 2. The highest BCUT2D eigenvalue weighted by Gasteiger charge is 2.45. The molecular formula is C27H24FN9O. The summed E-state index contributed by atoms with van der Waals surface area (Å²) in [6.45, 7) is 0. The Labute approximate surface area is 216 Å². The molecule has 2 aliphatic rings. The van der Waals surface area contributed by atoms with Crippen LogP contribution in [0.1, 0.15) is 47.9 Å². The van der Waals surface area contributed by atoms with Gasteiger partial charge in [0.2, 0.25) is 5.82 Å². The molecule has 4 aromatic heterocycles. The minimum atomic E-state index is -0.552. The fraction of sp³-hybridized carbons (Fsp3) is 0.259. The maximum absolute atomic E-state index is 15.6. The third-order valence-corrected chi connectivity index (χ3v) is 7.77. The predicted molar refractivity (Wildman–Crippen MR) is 137 cm³/mol. The number of nitrogens with one attached hydrogen (secondary N) is 1. The van der Waals surface area contributed by atoms with E-state index in [1.54, 1.807) is 12.4 Å². The van der Waals surface area contributed by atoms with Gasteiger partial charge in [-0.3, -0.25) is 9.78 Å². The maximum Gasteiger partial charge on any atom is 0.292 e. The second-order valence-corrected chi connectivity index (χ2v) is 9.89. The van der Waals surface area contributed by atoms with Crippen LogP contribution in [-0.4, -0.2) is 57.7 Å². The number of fused-ring (bicyclic) bond motifs is 3. The van der Waals surface area contributed by atoms with Crippen LogP contribution < -0.4 is 5.73 Å². The maximum atomic E-state index is 15.6. The highest BCUT2D eigenvalue weighted by molar-refractivity contribution is 5.91. The molecule has 0 saturated carbocycles. The minimum Gasteiger partial charge on any atom is -0.381 e. The molecule has 1 aromatic carbocycles. The number of rotatable bonds is 4. The van der Waals surface area contributed by atoms with Gasteiger partial charge in [0.1, 0.15) is 6.33 Å². The topological polar surface area (TPSA) is 131 Å². The lowest BCUT2D eigenvalue weighted by Gasteiger charge is -2.38. The Morgan fingerprint density at radius 3 is 2.50 bits per heavy atom. The Bertz CT molecular complexity index is 1620. The van der Waals surface area contributed by atoms with Gasteiger partial charge in [0, 0.05) is 40.9 Å². The number of piperidine rings is 1. The smallest absolute Gasteiger partial charge is 0.292 e. The Kier molecular flexibility index (Phi) is 5.17. The second-order valence-electron chi connectivity index (χ2n) is 9.89. The molecule has 2 fully saturated rings. The molecule has 7 rings (SSSR count). The number of nitrogen functional groups attached to an aromatic ring is 1. The van der Waals surface area contributed by atoms with Crippen LogP contribution in [0.3, 0.4) is 0 Å². The van der Waals surface area contributed by atoms with Gasteiger partial charge in [0.15, 0.2) is 17.3 Å². The van der Waals surface area contributed by atoms with E-state index in [1.807, 2.05) is 47.4 Å². The van der Waals surface area contributed by atoms with Crippen LogP contribution in [0, 0.1) is 5.82 Å². The third kappa shape index (κ3) is 3.53. The van der Waals surface area contributed by atoms with Crippen molar-refractivity contribution in [2.24, 2.45) is 0 Å². The number of aromatic nitrogens is 7. The number of amides is 1. The first kappa shape index (κ1) is 22.5. The van der Waals surface area contributed by atoms with Gasteiger partial charge < -0.3 is 15.6 Å². The Morgan fingerprint density at radius 2 is 1.82 bits per heavy atom. The van der Waals surface area contributed by atoms with Crippen LogP contribution in [-0.2, 0) is 0 Å². The number of H-pyrrole nitrogens is 1. The number of anilines is 1. The number of carbonyl (C=O) groups excluding carboxylic acids is 1. The predicted octanol–water partition coefficient (Wildman–Crippen LogP) is 3.85. The van der Waals surface area contributed by atoms with Crippen molar-refractivity contribution in [1.82, 2.24) is 39.7 Å². The zero-order chi connectivity index (χ0) is 25.8. The lowest BCUT2D eigenvalue weighted by Crippen LogP contribution is -2.46. The van der Waals surface area contributed by atoms with Gasteiger partial charge in [-0.15, -0.1) is 10.2 Å².